The Morgan fingerprint density at radius 3 is 2.80 bits per heavy atom. The standard InChI is InChI=1S/C14H25N3O3/c1-2-5-12(13(18)19)15-14(20)17-9-8-16-7-4-3-6-11(16)10-17/h11-12H,2-10H2,1H3,(H,15,20)(H,18,19)/t11?,12-/m1/s1. The van der Waals surface area contributed by atoms with E-state index < -0.39 is 12.0 Å². The monoisotopic (exact) mass is 283 g/mol. The number of nitrogens with one attached hydrogen (secondary N) is 1. The fraction of sp³-hybridized carbons (Fsp3) is 0.857. The highest BCUT2D eigenvalue weighted by Crippen LogP contribution is 2.21. The van der Waals surface area contributed by atoms with Crippen LogP contribution in [0.4, 0.5) is 4.79 Å². The van der Waals surface area contributed by atoms with Crippen LogP contribution in [-0.2, 0) is 4.79 Å². The molecule has 0 aromatic carbocycles. The van der Waals surface area contributed by atoms with Crippen molar-refractivity contribution >= 4 is 12.0 Å². The quantitative estimate of drug-likeness (QED) is 0.811. The highest BCUT2D eigenvalue weighted by atomic mass is 16.4. The van der Waals surface area contributed by atoms with Crippen LogP contribution < -0.4 is 5.32 Å². The van der Waals surface area contributed by atoms with E-state index in [1.807, 2.05) is 6.92 Å². The SMILES string of the molecule is CCC[C@@H](NC(=O)N1CCN2CCCCC2C1)C(=O)O. The number of urea groups is 1. The Bertz CT molecular complexity index is 362. The molecule has 2 aliphatic heterocycles. The summed E-state index contributed by atoms with van der Waals surface area (Å²) in [6.45, 7) is 5.38. The summed E-state index contributed by atoms with van der Waals surface area (Å²) in [7, 11) is 0. The van der Waals surface area contributed by atoms with Gasteiger partial charge in [-0.05, 0) is 25.8 Å². The normalized spacial score (nSPS) is 24.9. The van der Waals surface area contributed by atoms with Gasteiger partial charge in [0.05, 0.1) is 0 Å². The molecule has 0 bridgehead atoms. The largest absolute Gasteiger partial charge is 0.480 e. The van der Waals surface area contributed by atoms with Crippen LogP contribution in [0.3, 0.4) is 0 Å². The number of aliphatic carboxylic acids is 1. The van der Waals surface area contributed by atoms with Crippen LogP contribution in [0.25, 0.3) is 0 Å². The zero-order valence-electron chi connectivity index (χ0n) is 12.2. The number of hydrogen-bond acceptors (Lipinski definition) is 3. The first kappa shape index (κ1) is 15.1. The van der Waals surface area contributed by atoms with Crippen molar-refractivity contribution in [2.45, 2.75) is 51.1 Å². The third-order valence-electron chi connectivity index (χ3n) is 4.30. The number of piperidine rings is 1. The van der Waals surface area contributed by atoms with Crippen LogP contribution in [0.15, 0.2) is 0 Å². The van der Waals surface area contributed by atoms with Gasteiger partial charge in [-0.3, -0.25) is 4.90 Å². The molecule has 0 aromatic rings. The summed E-state index contributed by atoms with van der Waals surface area (Å²) in [6.07, 6.45) is 4.84. The van der Waals surface area contributed by atoms with Crippen LogP contribution in [0, 0.1) is 0 Å². The molecule has 0 saturated carbocycles. The minimum absolute atomic E-state index is 0.226. The maximum Gasteiger partial charge on any atom is 0.326 e. The fourth-order valence-corrected chi connectivity index (χ4v) is 3.13. The Balaban J connectivity index is 1.87. The van der Waals surface area contributed by atoms with Crippen molar-refractivity contribution in [3.63, 3.8) is 0 Å². The number of amides is 2. The molecule has 2 amide bonds. The third kappa shape index (κ3) is 3.62. The number of piperazine rings is 1. The van der Waals surface area contributed by atoms with E-state index in [2.05, 4.69) is 10.2 Å². The lowest BCUT2D eigenvalue weighted by Crippen LogP contribution is -2.59. The van der Waals surface area contributed by atoms with Gasteiger partial charge in [-0.1, -0.05) is 19.8 Å². The molecule has 0 radical (unpaired) electrons. The molecule has 0 aliphatic carbocycles. The Hall–Kier alpha value is -1.30. The van der Waals surface area contributed by atoms with Gasteiger partial charge in [0.25, 0.3) is 0 Å². The molecule has 2 saturated heterocycles. The maximum atomic E-state index is 12.2. The molecule has 2 N–H and O–H groups in total. The van der Waals surface area contributed by atoms with E-state index in [9.17, 15) is 9.59 Å². The molecule has 2 atom stereocenters. The Kier molecular flexibility index (Phi) is 5.23. The second kappa shape index (κ2) is 6.92. The molecule has 2 rings (SSSR count). The fourth-order valence-electron chi connectivity index (χ4n) is 3.13. The van der Waals surface area contributed by atoms with E-state index >= 15 is 0 Å². The second-order valence-corrected chi connectivity index (χ2v) is 5.76. The van der Waals surface area contributed by atoms with E-state index in [-0.39, 0.29) is 6.03 Å². The van der Waals surface area contributed by atoms with Gasteiger partial charge in [0.1, 0.15) is 6.04 Å². The molecule has 2 aliphatic rings. The predicted octanol–water partition coefficient (Wildman–Crippen LogP) is 1.12. The lowest BCUT2D eigenvalue weighted by molar-refractivity contribution is -0.139. The van der Waals surface area contributed by atoms with Crippen molar-refractivity contribution < 1.29 is 14.7 Å². The van der Waals surface area contributed by atoms with E-state index in [0.717, 1.165) is 32.5 Å². The lowest BCUT2D eigenvalue weighted by atomic mass is 10.00. The Morgan fingerprint density at radius 1 is 1.30 bits per heavy atom. The summed E-state index contributed by atoms with van der Waals surface area (Å²) in [5, 5.41) is 11.7. The molecular weight excluding hydrogens is 258 g/mol. The Labute approximate surface area is 120 Å². The van der Waals surface area contributed by atoms with Gasteiger partial charge >= 0.3 is 12.0 Å². The minimum atomic E-state index is -0.948. The van der Waals surface area contributed by atoms with Gasteiger partial charge in [-0.15, -0.1) is 0 Å². The predicted molar refractivity (Wildman–Crippen MR) is 75.6 cm³/mol. The lowest BCUT2D eigenvalue weighted by Gasteiger charge is -2.44. The van der Waals surface area contributed by atoms with Crippen LogP contribution >= 0.6 is 0 Å². The molecule has 114 valence electrons. The van der Waals surface area contributed by atoms with Crippen molar-refractivity contribution in [1.29, 1.82) is 0 Å². The average molecular weight is 283 g/mol. The van der Waals surface area contributed by atoms with E-state index in [4.69, 9.17) is 5.11 Å². The van der Waals surface area contributed by atoms with Gasteiger partial charge in [-0.25, -0.2) is 9.59 Å². The van der Waals surface area contributed by atoms with Crippen LogP contribution in [0.1, 0.15) is 39.0 Å². The van der Waals surface area contributed by atoms with Crippen molar-refractivity contribution in [2.24, 2.45) is 0 Å². The number of carboxylic acids is 1. The summed E-state index contributed by atoms with van der Waals surface area (Å²) < 4.78 is 0. The number of carbonyl (C=O) groups excluding carboxylic acids is 1. The highest BCUT2D eigenvalue weighted by Gasteiger charge is 2.32. The topological polar surface area (TPSA) is 72.9 Å². The molecule has 6 heteroatoms. The van der Waals surface area contributed by atoms with Gasteiger partial charge in [-0.2, -0.15) is 0 Å². The minimum Gasteiger partial charge on any atom is -0.480 e. The zero-order chi connectivity index (χ0) is 14.5. The van der Waals surface area contributed by atoms with Crippen molar-refractivity contribution in [3.05, 3.63) is 0 Å². The first-order chi connectivity index (χ1) is 9.61. The molecule has 2 heterocycles. The van der Waals surface area contributed by atoms with E-state index in [0.29, 0.717) is 19.0 Å². The summed E-state index contributed by atoms with van der Waals surface area (Å²) in [6, 6.07) is -0.536. The average Bonchev–Trinajstić information content (AvgIpc) is 2.46. The Morgan fingerprint density at radius 2 is 2.10 bits per heavy atom. The second-order valence-electron chi connectivity index (χ2n) is 5.76. The number of carbonyl (C=O) groups is 2. The zero-order valence-corrected chi connectivity index (χ0v) is 12.2. The number of carboxylic acid groups (broad SMARTS) is 1. The molecule has 0 aromatic heterocycles. The summed E-state index contributed by atoms with van der Waals surface area (Å²) in [5.74, 6) is -0.948. The maximum absolute atomic E-state index is 12.2. The summed E-state index contributed by atoms with van der Waals surface area (Å²) in [4.78, 5) is 27.5. The first-order valence-corrected chi connectivity index (χ1v) is 7.64. The summed E-state index contributed by atoms with van der Waals surface area (Å²) >= 11 is 0. The van der Waals surface area contributed by atoms with Gasteiger partial charge in [0.2, 0.25) is 0 Å². The van der Waals surface area contributed by atoms with E-state index in [1.54, 1.807) is 4.90 Å². The van der Waals surface area contributed by atoms with Crippen molar-refractivity contribution in [3.8, 4) is 0 Å². The number of rotatable bonds is 4. The molecular formula is C14H25N3O3. The number of fused-ring (bicyclic) bond motifs is 1. The molecule has 2 fully saturated rings. The van der Waals surface area contributed by atoms with Gasteiger partial charge in [0, 0.05) is 25.7 Å². The number of hydrogen-bond donors (Lipinski definition) is 2. The van der Waals surface area contributed by atoms with Crippen molar-refractivity contribution in [2.75, 3.05) is 26.2 Å². The molecule has 0 spiro atoms. The van der Waals surface area contributed by atoms with Crippen LogP contribution in [-0.4, -0.2) is 65.2 Å². The smallest absolute Gasteiger partial charge is 0.326 e. The first-order valence-electron chi connectivity index (χ1n) is 7.64. The molecule has 1 unspecified atom stereocenters. The number of nitrogens with zero attached hydrogens (tertiary/aromatic N) is 2. The van der Waals surface area contributed by atoms with E-state index in [1.165, 1.54) is 12.8 Å². The van der Waals surface area contributed by atoms with Crippen LogP contribution in [0.2, 0.25) is 0 Å². The third-order valence-corrected chi connectivity index (χ3v) is 4.30. The molecule has 20 heavy (non-hydrogen) atoms. The van der Waals surface area contributed by atoms with Crippen molar-refractivity contribution in [1.82, 2.24) is 15.1 Å². The highest BCUT2D eigenvalue weighted by molar-refractivity contribution is 5.82. The van der Waals surface area contributed by atoms with Gasteiger partial charge < -0.3 is 15.3 Å². The van der Waals surface area contributed by atoms with Crippen LogP contribution in [0.5, 0.6) is 0 Å². The van der Waals surface area contributed by atoms with Gasteiger partial charge in [0.15, 0.2) is 0 Å². The molecule has 6 nitrogen and oxygen atoms in total. The summed E-state index contributed by atoms with van der Waals surface area (Å²) in [5.41, 5.74) is 0.